The van der Waals surface area contributed by atoms with Gasteiger partial charge in [0.2, 0.25) is 0 Å². The number of carbonyl (C=O) groups excluding carboxylic acids is 3. The van der Waals surface area contributed by atoms with Crippen molar-refractivity contribution in [1.82, 2.24) is 24.9 Å². The maximum absolute atomic E-state index is 13.0. The molecule has 1 atom stereocenters. The Labute approximate surface area is 171 Å². The van der Waals surface area contributed by atoms with Gasteiger partial charge in [0.1, 0.15) is 12.0 Å². The van der Waals surface area contributed by atoms with Crippen molar-refractivity contribution in [1.29, 1.82) is 0 Å². The molecule has 0 spiro atoms. The lowest BCUT2D eigenvalue weighted by Gasteiger charge is -2.16. The van der Waals surface area contributed by atoms with Crippen LogP contribution in [0.4, 0.5) is 0 Å². The van der Waals surface area contributed by atoms with Gasteiger partial charge in [0, 0.05) is 6.07 Å². The van der Waals surface area contributed by atoms with Crippen LogP contribution in [0.2, 0.25) is 0 Å². The number of hydrogen-bond acceptors (Lipinski definition) is 8. The van der Waals surface area contributed by atoms with Crippen molar-refractivity contribution >= 4 is 23.6 Å². The van der Waals surface area contributed by atoms with Gasteiger partial charge in [-0.25, -0.2) is 14.6 Å². The normalized spacial score (nSPS) is 15.0. The summed E-state index contributed by atoms with van der Waals surface area (Å²) in [7, 11) is 2.58. The van der Waals surface area contributed by atoms with Gasteiger partial charge in [-0.2, -0.15) is 14.6 Å². The Morgan fingerprint density at radius 1 is 1.17 bits per heavy atom. The molecule has 154 valence electrons. The Balaban J connectivity index is 1.65. The molecule has 0 bridgehead atoms. The predicted molar refractivity (Wildman–Crippen MR) is 103 cm³/mol. The number of carbonyl (C=O) groups is 3. The first-order valence-electron chi connectivity index (χ1n) is 9.25. The molecule has 4 rings (SSSR count). The Kier molecular flexibility index (Phi) is 4.90. The first-order chi connectivity index (χ1) is 14.4. The van der Waals surface area contributed by atoms with Crippen molar-refractivity contribution in [2.45, 2.75) is 25.8 Å². The van der Waals surface area contributed by atoms with Crippen LogP contribution >= 0.6 is 0 Å². The number of hydrogen-bond donors (Lipinski definition) is 1. The minimum atomic E-state index is -0.674. The highest BCUT2D eigenvalue weighted by Crippen LogP contribution is 2.35. The number of amides is 1. The van der Waals surface area contributed by atoms with E-state index in [-0.39, 0.29) is 29.2 Å². The second kappa shape index (κ2) is 7.54. The average molecular weight is 409 g/mol. The summed E-state index contributed by atoms with van der Waals surface area (Å²) in [5.74, 6) is -1.37. The van der Waals surface area contributed by atoms with E-state index >= 15 is 0 Å². The second-order valence-electron chi connectivity index (χ2n) is 6.85. The third-order valence-corrected chi connectivity index (χ3v) is 5.28. The lowest BCUT2D eigenvalue weighted by atomic mass is 9.98. The van der Waals surface area contributed by atoms with Crippen LogP contribution in [0.3, 0.4) is 0 Å². The molecule has 30 heavy (non-hydrogen) atoms. The maximum atomic E-state index is 13.0. The summed E-state index contributed by atoms with van der Waals surface area (Å²) < 4.78 is 10.8. The van der Waals surface area contributed by atoms with Gasteiger partial charge in [0.15, 0.2) is 5.69 Å². The third kappa shape index (κ3) is 3.15. The van der Waals surface area contributed by atoms with Gasteiger partial charge in [0.25, 0.3) is 11.7 Å². The number of nitrogens with zero attached hydrogens (tertiary/aromatic N) is 4. The summed E-state index contributed by atoms with van der Waals surface area (Å²) in [4.78, 5) is 44.9. The van der Waals surface area contributed by atoms with E-state index in [0.29, 0.717) is 12.0 Å². The van der Waals surface area contributed by atoms with Crippen molar-refractivity contribution in [3.8, 4) is 0 Å². The molecular weight excluding hydrogens is 390 g/mol. The van der Waals surface area contributed by atoms with E-state index in [9.17, 15) is 14.4 Å². The van der Waals surface area contributed by atoms with Crippen molar-refractivity contribution in [2.24, 2.45) is 0 Å². The first kappa shape index (κ1) is 19.5. The summed E-state index contributed by atoms with van der Waals surface area (Å²) >= 11 is 0. The molecule has 1 aliphatic carbocycles. The zero-order valence-electron chi connectivity index (χ0n) is 16.6. The minimum absolute atomic E-state index is 0.0338. The summed E-state index contributed by atoms with van der Waals surface area (Å²) in [6.07, 6.45) is 2.66. The molecule has 0 saturated heterocycles. The molecule has 0 fully saturated rings. The molecule has 0 radical (unpaired) electrons. The fourth-order valence-electron chi connectivity index (χ4n) is 3.78. The van der Waals surface area contributed by atoms with Crippen LogP contribution in [-0.4, -0.2) is 51.6 Å². The molecule has 1 aromatic carbocycles. The van der Waals surface area contributed by atoms with E-state index < -0.39 is 11.9 Å². The number of methoxy groups -OCH3 is 2. The highest BCUT2D eigenvalue weighted by atomic mass is 16.5. The van der Waals surface area contributed by atoms with Crippen LogP contribution in [0.5, 0.6) is 0 Å². The molecule has 1 N–H and O–H groups in total. The topological polar surface area (TPSA) is 125 Å². The van der Waals surface area contributed by atoms with Crippen molar-refractivity contribution in [3.63, 3.8) is 0 Å². The summed E-state index contributed by atoms with van der Waals surface area (Å²) in [5.41, 5.74) is 3.43. The van der Waals surface area contributed by atoms with Crippen LogP contribution in [0.1, 0.15) is 60.5 Å². The molecule has 0 saturated carbocycles. The number of esters is 2. The molecule has 10 heteroatoms. The third-order valence-electron chi connectivity index (χ3n) is 5.28. The van der Waals surface area contributed by atoms with E-state index in [0.717, 1.165) is 23.1 Å². The predicted octanol–water partition coefficient (Wildman–Crippen LogP) is 1.42. The summed E-state index contributed by atoms with van der Waals surface area (Å²) in [6, 6.07) is 4.63. The number of benzene rings is 1. The zero-order chi connectivity index (χ0) is 21.4. The number of fused-ring (bicyclic) bond motifs is 2. The highest BCUT2D eigenvalue weighted by molar-refractivity contribution is 5.96. The molecule has 0 aliphatic heterocycles. The molecule has 2 aromatic heterocycles. The van der Waals surface area contributed by atoms with Gasteiger partial charge >= 0.3 is 11.9 Å². The molecular formula is C20H19N5O5. The lowest BCUT2D eigenvalue weighted by Crippen LogP contribution is -2.29. The summed E-state index contributed by atoms with van der Waals surface area (Å²) in [5, 5.41) is 7.00. The second-order valence-corrected chi connectivity index (χ2v) is 6.85. The van der Waals surface area contributed by atoms with E-state index in [1.165, 1.54) is 31.1 Å². The largest absolute Gasteiger partial charge is 0.465 e. The Morgan fingerprint density at radius 3 is 2.67 bits per heavy atom. The van der Waals surface area contributed by atoms with Crippen LogP contribution in [0, 0.1) is 6.92 Å². The fourth-order valence-corrected chi connectivity index (χ4v) is 3.78. The Morgan fingerprint density at radius 2 is 1.93 bits per heavy atom. The minimum Gasteiger partial charge on any atom is -0.465 e. The summed E-state index contributed by atoms with van der Waals surface area (Å²) in [6.45, 7) is 1.87. The number of nitrogens with one attached hydrogen (secondary N) is 1. The van der Waals surface area contributed by atoms with E-state index in [1.807, 2.05) is 13.0 Å². The van der Waals surface area contributed by atoms with Gasteiger partial charge in [-0.15, -0.1) is 0 Å². The smallest absolute Gasteiger partial charge is 0.356 e. The quantitative estimate of drug-likeness (QED) is 0.642. The Bertz CT molecular complexity index is 1190. The van der Waals surface area contributed by atoms with Gasteiger partial charge in [-0.3, -0.25) is 4.79 Å². The standard InChI is InChI=1S/C20H19N5O5/c1-10-11-6-7-14(13(11)5-4-12(10)18(27)29-2)23-17(26)16-8-15(19(28)30-3)24-20-21-9-22-25(16)20/h4-5,8-9,14H,6-7H2,1-3H3,(H,23,26)/t14-/m0/s1. The van der Waals surface area contributed by atoms with E-state index in [1.54, 1.807) is 6.07 Å². The van der Waals surface area contributed by atoms with Crippen LogP contribution in [0.15, 0.2) is 24.5 Å². The lowest BCUT2D eigenvalue weighted by molar-refractivity contribution is 0.0587. The van der Waals surface area contributed by atoms with Crippen molar-refractivity contribution in [2.75, 3.05) is 14.2 Å². The molecule has 0 unspecified atom stereocenters. The maximum Gasteiger partial charge on any atom is 0.356 e. The highest BCUT2D eigenvalue weighted by Gasteiger charge is 2.29. The molecule has 2 heterocycles. The molecule has 10 nitrogen and oxygen atoms in total. The number of aromatic nitrogens is 4. The van der Waals surface area contributed by atoms with Crippen molar-refractivity contribution in [3.05, 3.63) is 58.2 Å². The number of ether oxygens (including phenoxy) is 2. The van der Waals surface area contributed by atoms with Gasteiger partial charge in [0.05, 0.1) is 25.8 Å². The molecule has 1 amide bonds. The van der Waals surface area contributed by atoms with Crippen molar-refractivity contribution < 1.29 is 23.9 Å². The van der Waals surface area contributed by atoms with Crippen LogP contribution in [0.25, 0.3) is 5.78 Å². The van der Waals surface area contributed by atoms with E-state index in [2.05, 4.69) is 20.4 Å². The first-order valence-corrected chi connectivity index (χ1v) is 9.25. The van der Waals surface area contributed by atoms with E-state index in [4.69, 9.17) is 9.47 Å². The van der Waals surface area contributed by atoms with Gasteiger partial charge in [-0.05, 0) is 42.5 Å². The van der Waals surface area contributed by atoms with Gasteiger partial charge < -0.3 is 14.8 Å². The molecule has 1 aliphatic rings. The SMILES string of the molecule is COC(=O)c1cc(C(=O)N[C@H]2CCc3c2ccc(C(=O)OC)c3C)n2ncnc2n1. The van der Waals surface area contributed by atoms with Crippen LogP contribution in [-0.2, 0) is 15.9 Å². The average Bonchev–Trinajstić information content (AvgIpc) is 3.39. The molecule has 3 aromatic rings. The monoisotopic (exact) mass is 409 g/mol. The fraction of sp³-hybridized carbons (Fsp3) is 0.300. The Hall–Kier alpha value is -3.82. The number of rotatable bonds is 4. The van der Waals surface area contributed by atoms with Gasteiger partial charge in [-0.1, -0.05) is 6.07 Å². The van der Waals surface area contributed by atoms with Crippen LogP contribution < -0.4 is 5.32 Å². The zero-order valence-corrected chi connectivity index (χ0v) is 16.6.